The first-order valence-electron chi connectivity index (χ1n) is 13.8. The zero-order chi connectivity index (χ0) is 27.6. The van der Waals surface area contributed by atoms with E-state index in [4.69, 9.17) is 9.72 Å². The van der Waals surface area contributed by atoms with Crippen LogP contribution in [0, 0.1) is 0 Å². The number of benzene rings is 6. The Bertz CT molecular complexity index is 2110. The van der Waals surface area contributed by atoms with Crippen LogP contribution < -0.4 is 14.5 Å². The molecular weight excluding hydrogens is 536 g/mol. The Labute approximate surface area is 246 Å². The maximum Gasteiger partial charge on any atom is 0.151 e. The molecule has 2 aliphatic rings. The second-order valence-electron chi connectivity index (χ2n) is 10.3. The molecule has 6 heteroatoms. The monoisotopic (exact) mass is 558 g/mol. The number of hydrogen-bond acceptors (Lipinski definition) is 6. The lowest BCUT2D eigenvalue weighted by atomic mass is 10.0. The normalized spacial score (nSPS) is 13.2. The minimum atomic E-state index is 0.822. The zero-order valence-electron chi connectivity index (χ0n) is 22.3. The van der Waals surface area contributed by atoms with Crippen LogP contribution in [0.3, 0.4) is 0 Å². The molecule has 2 aliphatic heterocycles. The number of rotatable bonds is 2. The summed E-state index contributed by atoms with van der Waals surface area (Å²) in [6.45, 7) is 0. The van der Waals surface area contributed by atoms with E-state index in [1.54, 1.807) is 6.33 Å². The van der Waals surface area contributed by atoms with Gasteiger partial charge in [0.25, 0.3) is 0 Å². The van der Waals surface area contributed by atoms with Gasteiger partial charge in [-0.1, -0.05) is 66.4 Å². The predicted octanol–water partition coefficient (Wildman–Crippen LogP) is 10.3. The molecule has 3 heterocycles. The van der Waals surface area contributed by atoms with Crippen molar-refractivity contribution in [1.82, 2.24) is 9.97 Å². The summed E-state index contributed by atoms with van der Waals surface area (Å²) < 4.78 is 6.32. The minimum absolute atomic E-state index is 0.822. The SMILES string of the molecule is c1ccc2c(c1)Oc1ccccc1N2c1cc2ncncc2c2cc(N3c4ccccc4Sc4ccccc43)ccc12. The zero-order valence-corrected chi connectivity index (χ0v) is 23.1. The summed E-state index contributed by atoms with van der Waals surface area (Å²) in [5.41, 5.74) is 7.35. The van der Waals surface area contributed by atoms with Gasteiger partial charge in [-0.05, 0) is 72.1 Å². The number of fused-ring (bicyclic) bond motifs is 7. The van der Waals surface area contributed by atoms with Crippen molar-refractivity contribution in [2.24, 2.45) is 0 Å². The van der Waals surface area contributed by atoms with Crippen molar-refractivity contribution in [1.29, 1.82) is 0 Å². The first-order valence-corrected chi connectivity index (χ1v) is 14.6. The first-order chi connectivity index (χ1) is 20.8. The third-order valence-corrected chi connectivity index (χ3v) is 9.08. The Hall–Kier alpha value is -5.33. The average Bonchev–Trinajstić information content (AvgIpc) is 3.05. The van der Waals surface area contributed by atoms with Crippen molar-refractivity contribution < 1.29 is 4.74 Å². The Kier molecular flexibility index (Phi) is 5.06. The summed E-state index contributed by atoms with van der Waals surface area (Å²) in [4.78, 5) is 16.3. The van der Waals surface area contributed by atoms with Crippen LogP contribution in [-0.4, -0.2) is 9.97 Å². The van der Waals surface area contributed by atoms with Crippen LogP contribution in [0.4, 0.5) is 34.1 Å². The molecule has 1 aromatic heterocycles. The van der Waals surface area contributed by atoms with Crippen molar-refractivity contribution >= 4 is 67.6 Å². The number of para-hydroxylation sites is 6. The Balaban J connectivity index is 1.33. The van der Waals surface area contributed by atoms with E-state index in [1.165, 1.54) is 21.2 Å². The second-order valence-corrected chi connectivity index (χ2v) is 11.4. The molecule has 0 radical (unpaired) electrons. The Morgan fingerprint density at radius 3 is 1.83 bits per heavy atom. The molecular formula is C36H22N4OS. The van der Waals surface area contributed by atoms with Gasteiger partial charge in [0.1, 0.15) is 6.33 Å². The summed E-state index contributed by atoms with van der Waals surface area (Å²) >= 11 is 1.82. The van der Waals surface area contributed by atoms with Gasteiger partial charge >= 0.3 is 0 Å². The van der Waals surface area contributed by atoms with Crippen LogP contribution in [0.2, 0.25) is 0 Å². The molecule has 9 rings (SSSR count). The van der Waals surface area contributed by atoms with E-state index in [2.05, 4.69) is 112 Å². The number of aromatic nitrogens is 2. The van der Waals surface area contributed by atoms with E-state index in [-0.39, 0.29) is 0 Å². The second kappa shape index (κ2) is 9.09. The van der Waals surface area contributed by atoms with Gasteiger partial charge in [-0.2, -0.15) is 0 Å². The van der Waals surface area contributed by atoms with Crippen molar-refractivity contribution in [3.8, 4) is 11.5 Å². The molecule has 7 aromatic rings. The van der Waals surface area contributed by atoms with Gasteiger partial charge in [-0.3, -0.25) is 0 Å². The van der Waals surface area contributed by atoms with Gasteiger partial charge in [0.15, 0.2) is 11.5 Å². The number of nitrogens with zero attached hydrogens (tertiary/aromatic N) is 4. The van der Waals surface area contributed by atoms with Gasteiger partial charge in [-0.15, -0.1) is 0 Å². The van der Waals surface area contributed by atoms with Crippen LogP contribution in [0.1, 0.15) is 0 Å². The van der Waals surface area contributed by atoms with Gasteiger partial charge in [-0.25, -0.2) is 9.97 Å². The molecule has 198 valence electrons. The van der Waals surface area contributed by atoms with Crippen molar-refractivity contribution in [3.05, 3.63) is 134 Å². The molecule has 6 aromatic carbocycles. The van der Waals surface area contributed by atoms with Crippen LogP contribution in [0.15, 0.2) is 144 Å². The standard InChI is InChI=1S/C36H22N4OS/c1-5-13-33-28(9-1)40(29-10-2-6-14-34(29)41-33)32-20-27-26(21-37-22-38-27)25-19-23(17-18-24(25)32)39-30-11-3-7-15-35(30)42-36-16-8-4-12-31(36)39/h1-22H. The molecule has 0 bridgehead atoms. The highest BCUT2D eigenvalue weighted by molar-refractivity contribution is 7.99. The molecule has 0 fully saturated rings. The first kappa shape index (κ1) is 23.4. The molecule has 0 amide bonds. The van der Waals surface area contributed by atoms with E-state index < -0.39 is 0 Å². The van der Waals surface area contributed by atoms with Crippen molar-refractivity contribution in [2.75, 3.05) is 9.80 Å². The summed E-state index contributed by atoms with van der Waals surface area (Å²) in [7, 11) is 0. The Morgan fingerprint density at radius 1 is 0.524 bits per heavy atom. The molecule has 0 N–H and O–H groups in total. The molecule has 0 atom stereocenters. The van der Waals surface area contributed by atoms with E-state index in [0.717, 1.165) is 55.9 Å². The molecule has 0 saturated carbocycles. The fraction of sp³-hybridized carbons (Fsp3) is 0. The summed E-state index contributed by atoms with van der Waals surface area (Å²) in [5.74, 6) is 1.64. The van der Waals surface area contributed by atoms with Crippen LogP contribution in [0.5, 0.6) is 11.5 Å². The Morgan fingerprint density at radius 2 is 1.14 bits per heavy atom. The molecule has 42 heavy (non-hydrogen) atoms. The van der Waals surface area contributed by atoms with Crippen LogP contribution >= 0.6 is 11.8 Å². The molecule has 0 aliphatic carbocycles. The molecule has 0 unspecified atom stereocenters. The van der Waals surface area contributed by atoms with E-state index in [0.29, 0.717) is 0 Å². The predicted molar refractivity (Wildman–Crippen MR) is 171 cm³/mol. The lowest BCUT2D eigenvalue weighted by Gasteiger charge is -2.34. The van der Waals surface area contributed by atoms with Crippen molar-refractivity contribution in [2.45, 2.75) is 9.79 Å². The van der Waals surface area contributed by atoms with E-state index in [9.17, 15) is 0 Å². The largest absolute Gasteiger partial charge is 0.453 e. The fourth-order valence-electron chi connectivity index (χ4n) is 6.12. The van der Waals surface area contributed by atoms with Crippen LogP contribution in [-0.2, 0) is 0 Å². The third kappa shape index (κ3) is 3.45. The molecule has 0 spiro atoms. The highest BCUT2D eigenvalue weighted by Crippen LogP contribution is 2.54. The molecule has 5 nitrogen and oxygen atoms in total. The van der Waals surface area contributed by atoms with Crippen LogP contribution in [0.25, 0.3) is 21.7 Å². The summed E-state index contributed by atoms with van der Waals surface area (Å²) in [6, 6.07) is 42.5. The third-order valence-electron chi connectivity index (χ3n) is 7.95. The van der Waals surface area contributed by atoms with Gasteiger partial charge in [0.05, 0.1) is 34.0 Å². The highest BCUT2D eigenvalue weighted by Gasteiger charge is 2.28. The lowest BCUT2D eigenvalue weighted by molar-refractivity contribution is 0.477. The topological polar surface area (TPSA) is 41.5 Å². The highest BCUT2D eigenvalue weighted by atomic mass is 32.2. The lowest BCUT2D eigenvalue weighted by Crippen LogP contribution is -2.16. The summed E-state index contributed by atoms with van der Waals surface area (Å²) in [6.07, 6.45) is 3.55. The van der Waals surface area contributed by atoms with Gasteiger partial charge in [0, 0.05) is 32.4 Å². The maximum atomic E-state index is 6.32. The smallest absolute Gasteiger partial charge is 0.151 e. The van der Waals surface area contributed by atoms with Gasteiger partial charge in [0.2, 0.25) is 0 Å². The number of anilines is 6. The molecule has 0 saturated heterocycles. The number of ether oxygens (including phenoxy) is 1. The fourth-order valence-corrected chi connectivity index (χ4v) is 7.18. The van der Waals surface area contributed by atoms with E-state index in [1.807, 2.05) is 42.2 Å². The number of hydrogen-bond donors (Lipinski definition) is 0. The minimum Gasteiger partial charge on any atom is -0.453 e. The summed E-state index contributed by atoms with van der Waals surface area (Å²) in [5, 5.41) is 3.22. The van der Waals surface area contributed by atoms with Crippen molar-refractivity contribution in [3.63, 3.8) is 0 Å². The maximum absolute atomic E-state index is 6.32. The van der Waals surface area contributed by atoms with Gasteiger partial charge < -0.3 is 14.5 Å². The quantitative estimate of drug-likeness (QED) is 0.197. The van der Waals surface area contributed by atoms with E-state index >= 15 is 0 Å². The average molecular weight is 559 g/mol.